The number of hydrogen-bond acceptors (Lipinski definition) is 5. The van der Waals surface area contributed by atoms with E-state index >= 15 is 0 Å². The zero-order valence-electron chi connectivity index (χ0n) is 18.4. The van der Waals surface area contributed by atoms with E-state index in [1.807, 2.05) is 11.0 Å². The summed E-state index contributed by atoms with van der Waals surface area (Å²) in [5.74, 6) is 1.80. The van der Waals surface area contributed by atoms with Gasteiger partial charge in [0.15, 0.2) is 11.5 Å². The SMILES string of the molecule is C[C@H](NCC(=O)N1CCN(Cc2ccc3c(c2)OCO3)CC1)c1cccc2ccccc12. The molecule has 3 aromatic rings. The molecular weight excluding hydrogens is 402 g/mol. The number of carbonyl (C=O) groups excluding carboxylic acids is 1. The number of benzene rings is 3. The quantitative estimate of drug-likeness (QED) is 0.647. The average Bonchev–Trinajstić information content (AvgIpc) is 3.30. The molecular formula is C26H29N3O3. The van der Waals surface area contributed by atoms with Crippen LogP contribution in [0.25, 0.3) is 10.8 Å². The molecule has 2 aliphatic heterocycles. The van der Waals surface area contributed by atoms with Crippen LogP contribution in [0.3, 0.4) is 0 Å². The highest BCUT2D eigenvalue weighted by atomic mass is 16.7. The van der Waals surface area contributed by atoms with Gasteiger partial charge in [0.1, 0.15) is 0 Å². The molecule has 0 spiro atoms. The van der Waals surface area contributed by atoms with Crippen LogP contribution >= 0.6 is 0 Å². The molecule has 6 heteroatoms. The predicted molar refractivity (Wildman–Crippen MR) is 125 cm³/mol. The zero-order chi connectivity index (χ0) is 21.9. The molecule has 6 nitrogen and oxygen atoms in total. The number of amides is 1. The van der Waals surface area contributed by atoms with E-state index in [9.17, 15) is 4.79 Å². The summed E-state index contributed by atoms with van der Waals surface area (Å²) >= 11 is 0. The van der Waals surface area contributed by atoms with Gasteiger partial charge in [-0.1, -0.05) is 48.5 Å². The van der Waals surface area contributed by atoms with Crippen molar-refractivity contribution in [1.82, 2.24) is 15.1 Å². The van der Waals surface area contributed by atoms with Crippen LogP contribution < -0.4 is 14.8 Å². The summed E-state index contributed by atoms with van der Waals surface area (Å²) in [7, 11) is 0. The van der Waals surface area contributed by atoms with Gasteiger partial charge in [0.2, 0.25) is 12.7 Å². The van der Waals surface area contributed by atoms with Crippen LogP contribution in [0.4, 0.5) is 0 Å². The highest BCUT2D eigenvalue weighted by Gasteiger charge is 2.22. The highest BCUT2D eigenvalue weighted by molar-refractivity contribution is 5.86. The molecule has 0 bridgehead atoms. The molecule has 1 amide bonds. The second kappa shape index (κ2) is 9.18. The van der Waals surface area contributed by atoms with Crippen LogP contribution in [0, 0.1) is 0 Å². The number of nitrogens with zero attached hydrogens (tertiary/aromatic N) is 2. The third-order valence-electron chi connectivity index (χ3n) is 6.42. The van der Waals surface area contributed by atoms with E-state index in [1.54, 1.807) is 0 Å². The van der Waals surface area contributed by atoms with Crippen molar-refractivity contribution >= 4 is 16.7 Å². The van der Waals surface area contributed by atoms with Gasteiger partial charge in [0.25, 0.3) is 0 Å². The molecule has 2 aliphatic rings. The molecule has 2 heterocycles. The lowest BCUT2D eigenvalue weighted by atomic mass is 10.00. The minimum Gasteiger partial charge on any atom is -0.454 e. The molecule has 3 aromatic carbocycles. The number of nitrogens with one attached hydrogen (secondary N) is 1. The largest absolute Gasteiger partial charge is 0.454 e. The van der Waals surface area contributed by atoms with Crippen molar-refractivity contribution in [3.05, 3.63) is 71.8 Å². The summed E-state index contributed by atoms with van der Waals surface area (Å²) < 4.78 is 10.9. The van der Waals surface area contributed by atoms with Crippen LogP contribution in [-0.4, -0.2) is 55.2 Å². The van der Waals surface area contributed by atoms with Gasteiger partial charge in [-0.15, -0.1) is 0 Å². The van der Waals surface area contributed by atoms with Gasteiger partial charge < -0.3 is 19.7 Å². The second-order valence-corrected chi connectivity index (χ2v) is 8.52. The monoisotopic (exact) mass is 431 g/mol. The Balaban J connectivity index is 1.11. The summed E-state index contributed by atoms with van der Waals surface area (Å²) in [6, 6.07) is 21.0. The molecule has 0 aliphatic carbocycles. The second-order valence-electron chi connectivity index (χ2n) is 8.52. The van der Waals surface area contributed by atoms with Gasteiger partial charge in [-0.05, 0) is 41.0 Å². The van der Waals surface area contributed by atoms with Crippen molar-refractivity contribution in [2.24, 2.45) is 0 Å². The number of rotatable bonds is 6. The predicted octanol–water partition coefficient (Wildman–Crippen LogP) is 3.56. The fraction of sp³-hybridized carbons (Fsp3) is 0.346. The van der Waals surface area contributed by atoms with Crippen LogP contribution in [0.1, 0.15) is 24.1 Å². The molecule has 0 radical (unpaired) electrons. The Morgan fingerprint density at radius 3 is 2.62 bits per heavy atom. The molecule has 0 unspecified atom stereocenters. The highest BCUT2D eigenvalue weighted by Crippen LogP contribution is 2.33. The minimum atomic E-state index is 0.109. The molecule has 0 saturated carbocycles. The number of fused-ring (bicyclic) bond motifs is 2. The average molecular weight is 432 g/mol. The van der Waals surface area contributed by atoms with Gasteiger partial charge in [-0.25, -0.2) is 0 Å². The van der Waals surface area contributed by atoms with Gasteiger partial charge in [-0.2, -0.15) is 0 Å². The van der Waals surface area contributed by atoms with Gasteiger partial charge in [0, 0.05) is 38.8 Å². The van der Waals surface area contributed by atoms with Crippen molar-refractivity contribution in [3.63, 3.8) is 0 Å². The van der Waals surface area contributed by atoms with Gasteiger partial charge in [0.05, 0.1) is 6.54 Å². The zero-order valence-corrected chi connectivity index (χ0v) is 18.4. The lowest BCUT2D eigenvalue weighted by Crippen LogP contribution is -2.50. The topological polar surface area (TPSA) is 54.0 Å². The van der Waals surface area contributed by atoms with Crippen molar-refractivity contribution in [3.8, 4) is 11.5 Å². The Bertz CT molecular complexity index is 1100. The molecule has 32 heavy (non-hydrogen) atoms. The fourth-order valence-electron chi connectivity index (χ4n) is 4.54. The standard InChI is InChI=1S/C26H29N3O3/c1-19(22-8-4-6-21-5-2-3-7-23(21)22)27-16-26(30)29-13-11-28(12-14-29)17-20-9-10-24-25(15-20)32-18-31-24/h2-10,15,19,27H,11-14,16-18H2,1H3/t19-/m0/s1. The van der Waals surface area contributed by atoms with Crippen LogP contribution in [0.5, 0.6) is 11.5 Å². The molecule has 1 N–H and O–H groups in total. The third-order valence-corrected chi connectivity index (χ3v) is 6.42. The smallest absolute Gasteiger partial charge is 0.236 e. The lowest BCUT2D eigenvalue weighted by molar-refractivity contribution is -0.132. The van der Waals surface area contributed by atoms with Gasteiger partial charge in [-0.3, -0.25) is 9.69 Å². The molecule has 166 valence electrons. The first-order chi connectivity index (χ1) is 15.7. The maximum atomic E-state index is 12.8. The molecule has 0 aromatic heterocycles. The molecule has 5 rings (SSSR count). The maximum Gasteiger partial charge on any atom is 0.236 e. The number of hydrogen-bond donors (Lipinski definition) is 1. The Morgan fingerprint density at radius 2 is 1.75 bits per heavy atom. The van der Waals surface area contributed by atoms with Crippen molar-refractivity contribution < 1.29 is 14.3 Å². The van der Waals surface area contributed by atoms with E-state index in [4.69, 9.17) is 9.47 Å². The summed E-state index contributed by atoms with van der Waals surface area (Å²) in [5, 5.41) is 5.89. The fourth-order valence-corrected chi connectivity index (χ4v) is 4.54. The first-order valence-electron chi connectivity index (χ1n) is 11.3. The van der Waals surface area contributed by atoms with E-state index in [2.05, 4.69) is 71.7 Å². The summed E-state index contributed by atoms with van der Waals surface area (Å²) in [5.41, 5.74) is 2.43. The van der Waals surface area contributed by atoms with E-state index in [0.717, 1.165) is 44.2 Å². The number of carbonyl (C=O) groups is 1. The van der Waals surface area contributed by atoms with Crippen LogP contribution in [0.15, 0.2) is 60.7 Å². The van der Waals surface area contributed by atoms with Crippen molar-refractivity contribution in [2.75, 3.05) is 39.5 Å². The summed E-state index contributed by atoms with van der Waals surface area (Å²) in [6.07, 6.45) is 0. The minimum absolute atomic E-state index is 0.109. The van der Waals surface area contributed by atoms with Crippen LogP contribution in [0.2, 0.25) is 0 Å². The Kier molecular flexibility index (Phi) is 5.97. The van der Waals surface area contributed by atoms with E-state index in [1.165, 1.54) is 21.9 Å². The van der Waals surface area contributed by atoms with E-state index < -0.39 is 0 Å². The molecule has 1 saturated heterocycles. The Morgan fingerprint density at radius 1 is 0.969 bits per heavy atom. The van der Waals surface area contributed by atoms with Crippen molar-refractivity contribution in [2.45, 2.75) is 19.5 Å². The Hall–Kier alpha value is -3.09. The third kappa shape index (κ3) is 4.42. The molecule has 1 fully saturated rings. The summed E-state index contributed by atoms with van der Waals surface area (Å²) in [6.45, 7) is 6.90. The van der Waals surface area contributed by atoms with E-state index in [-0.39, 0.29) is 11.9 Å². The maximum absolute atomic E-state index is 12.8. The number of ether oxygens (including phenoxy) is 2. The van der Waals surface area contributed by atoms with Crippen LogP contribution in [-0.2, 0) is 11.3 Å². The normalized spacial score (nSPS) is 17.0. The summed E-state index contributed by atoms with van der Waals surface area (Å²) in [4.78, 5) is 17.2. The number of piperazine rings is 1. The van der Waals surface area contributed by atoms with Crippen molar-refractivity contribution in [1.29, 1.82) is 0 Å². The lowest BCUT2D eigenvalue weighted by Gasteiger charge is -2.35. The molecule has 1 atom stereocenters. The first kappa shape index (κ1) is 20.8. The Labute approximate surface area is 188 Å². The van der Waals surface area contributed by atoms with E-state index in [0.29, 0.717) is 13.3 Å². The first-order valence-corrected chi connectivity index (χ1v) is 11.3. The van der Waals surface area contributed by atoms with Gasteiger partial charge >= 0.3 is 0 Å².